The van der Waals surface area contributed by atoms with Gasteiger partial charge in [-0.1, -0.05) is 0 Å². The molecule has 1 aliphatic heterocycles. The molecule has 0 fully saturated rings. The van der Waals surface area contributed by atoms with E-state index in [0.717, 1.165) is 12.3 Å². The molecule has 0 aliphatic carbocycles. The number of ether oxygens (including phenoxy) is 1. The number of sulfone groups is 1. The fraction of sp³-hybridized carbons (Fsp3) is 0.417. The summed E-state index contributed by atoms with van der Waals surface area (Å²) in [6, 6.07) is 1.91. The van der Waals surface area contributed by atoms with E-state index in [4.69, 9.17) is 4.74 Å². The van der Waals surface area contributed by atoms with E-state index in [-0.39, 0.29) is 23.8 Å². The topological polar surface area (TPSA) is 84.5 Å². The highest BCUT2D eigenvalue weighted by molar-refractivity contribution is 7.90. The molecule has 2 rings (SSSR count). The number of hydrogen-bond acceptors (Lipinski definition) is 5. The largest absolute Gasteiger partial charge is 0.494 e. The SMILES string of the molecule is COc1cc2c(cc1F)NC(=O)C(CCS(C)(=O)=O)N2. The Bertz CT molecular complexity index is 645. The second kappa shape index (κ2) is 5.28. The molecule has 0 aromatic heterocycles. The minimum absolute atomic E-state index is 0.0502. The third-order valence-electron chi connectivity index (χ3n) is 2.97. The molecule has 0 bridgehead atoms. The van der Waals surface area contributed by atoms with Gasteiger partial charge in [-0.05, 0) is 6.42 Å². The number of amides is 1. The van der Waals surface area contributed by atoms with Crippen molar-refractivity contribution >= 4 is 27.1 Å². The average molecular weight is 302 g/mol. The van der Waals surface area contributed by atoms with E-state index in [1.165, 1.54) is 13.2 Å². The number of benzene rings is 1. The summed E-state index contributed by atoms with van der Waals surface area (Å²) in [5, 5.41) is 5.44. The molecule has 1 aliphatic rings. The van der Waals surface area contributed by atoms with Gasteiger partial charge in [-0.2, -0.15) is 0 Å². The number of anilines is 2. The van der Waals surface area contributed by atoms with Crippen molar-refractivity contribution in [3.05, 3.63) is 17.9 Å². The lowest BCUT2D eigenvalue weighted by atomic mass is 10.1. The van der Waals surface area contributed by atoms with E-state index in [2.05, 4.69) is 10.6 Å². The number of halogens is 1. The normalized spacial score (nSPS) is 17.9. The van der Waals surface area contributed by atoms with E-state index in [1.807, 2.05) is 0 Å². The molecule has 110 valence electrons. The maximum absolute atomic E-state index is 13.5. The first-order chi connectivity index (χ1) is 9.30. The lowest BCUT2D eigenvalue weighted by Crippen LogP contribution is -2.40. The smallest absolute Gasteiger partial charge is 0.246 e. The van der Waals surface area contributed by atoms with Crippen LogP contribution in [0.1, 0.15) is 6.42 Å². The zero-order valence-electron chi connectivity index (χ0n) is 11.1. The van der Waals surface area contributed by atoms with Gasteiger partial charge in [-0.15, -0.1) is 0 Å². The fourth-order valence-corrected chi connectivity index (χ4v) is 2.60. The quantitative estimate of drug-likeness (QED) is 0.867. The second-order valence-electron chi connectivity index (χ2n) is 4.64. The molecule has 0 saturated heterocycles. The summed E-state index contributed by atoms with van der Waals surface area (Å²) in [7, 11) is -1.81. The van der Waals surface area contributed by atoms with Gasteiger partial charge in [0, 0.05) is 18.4 Å². The van der Waals surface area contributed by atoms with Crippen molar-refractivity contribution < 1.29 is 22.3 Å². The van der Waals surface area contributed by atoms with Crippen LogP contribution in [-0.2, 0) is 14.6 Å². The molecule has 1 atom stereocenters. The highest BCUT2D eigenvalue weighted by Gasteiger charge is 2.27. The summed E-state index contributed by atoms with van der Waals surface area (Å²) in [6.45, 7) is 0. The zero-order chi connectivity index (χ0) is 14.9. The Kier molecular flexibility index (Phi) is 3.85. The highest BCUT2D eigenvalue weighted by Crippen LogP contribution is 2.33. The summed E-state index contributed by atoms with van der Waals surface area (Å²) in [5.41, 5.74) is 0.810. The molecule has 0 radical (unpaired) electrons. The van der Waals surface area contributed by atoms with E-state index < -0.39 is 21.7 Å². The zero-order valence-corrected chi connectivity index (χ0v) is 11.9. The van der Waals surface area contributed by atoms with Crippen LogP contribution in [0.2, 0.25) is 0 Å². The number of rotatable bonds is 4. The number of carbonyl (C=O) groups excluding carboxylic acids is 1. The van der Waals surface area contributed by atoms with Crippen molar-refractivity contribution in [3.8, 4) is 5.75 Å². The average Bonchev–Trinajstić information content (AvgIpc) is 2.35. The van der Waals surface area contributed by atoms with Gasteiger partial charge in [0.2, 0.25) is 5.91 Å². The van der Waals surface area contributed by atoms with Gasteiger partial charge in [-0.25, -0.2) is 12.8 Å². The van der Waals surface area contributed by atoms with Gasteiger partial charge in [0.15, 0.2) is 11.6 Å². The van der Waals surface area contributed by atoms with Crippen LogP contribution in [0.5, 0.6) is 5.75 Å². The Morgan fingerprint density at radius 3 is 2.65 bits per heavy atom. The molecule has 1 aromatic carbocycles. The maximum atomic E-state index is 13.5. The summed E-state index contributed by atoms with van der Waals surface area (Å²) in [5.74, 6) is -1.02. The Morgan fingerprint density at radius 1 is 1.35 bits per heavy atom. The number of carbonyl (C=O) groups is 1. The monoisotopic (exact) mass is 302 g/mol. The summed E-state index contributed by atoms with van der Waals surface area (Å²) < 4.78 is 40.7. The summed E-state index contributed by atoms with van der Waals surface area (Å²) in [4.78, 5) is 11.8. The second-order valence-corrected chi connectivity index (χ2v) is 6.90. The van der Waals surface area contributed by atoms with Crippen molar-refractivity contribution in [3.63, 3.8) is 0 Å². The minimum atomic E-state index is -3.15. The first kappa shape index (κ1) is 14.6. The Labute approximate surface area is 116 Å². The first-order valence-electron chi connectivity index (χ1n) is 5.93. The maximum Gasteiger partial charge on any atom is 0.246 e. The predicted molar refractivity (Wildman–Crippen MR) is 73.3 cm³/mol. The van der Waals surface area contributed by atoms with Gasteiger partial charge in [-0.3, -0.25) is 4.79 Å². The summed E-state index contributed by atoms with van der Waals surface area (Å²) in [6.07, 6.45) is 1.25. The van der Waals surface area contributed by atoms with E-state index in [1.54, 1.807) is 0 Å². The molecule has 1 heterocycles. The molecule has 0 spiro atoms. The lowest BCUT2D eigenvalue weighted by molar-refractivity contribution is -0.117. The van der Waals surface area contributed by atoms with Crippen molar-refractivity contribution in [2.75, 3.05) is 29.8 Å². The van der Waals surface area contributed by atoms with E-state index in [9.17, 15) is 17.6 Å². The van der Waals surface area contributed by atoms with Crippen molar-refractivity contribution in [1.29, 1.82) is 0 Å². The van der Waals surface area contributed by atoms with Gasteiger partial charge >= 0.3 is 0 Å². The van der Waals surface area contributed by atoms with Crippen LogP contribution >= 0.6 is 0 Å². The van der Waals surface area contributed by atoms with Gasteiger partial charge in [0.1, 0.15) is 15.9 Å². The van der Waals surface area contributed by atoms with Crippen LogP contribution in [0.15, 0.2) is 12.1 Å². The highest BCUT2D eigenvalue weighted by atomic mass is 32.2. The molecule has 8 heteroatoms. The van der Waals surface area contributed by atoms with Crippen molar-refractivity contribution in [1.82, 2.24) is 0 Å². The van der Waals surface area contributed by atoms with Gasteiger partial charge < -0.3 is 15.4 Å². The summed E-state index contributed by atoms with van der Waals surface area (Å²) >= 11 is 0. The molecular formula is C12H15FN2O4S. The van der Waals surface area contributed by atoms with Gasteiger partial charge in [0.05, 0.1) is 24.2 Å². The molecular weight excluding hydrogens is 287 g/mol. The van der Waals surface area contributed by atoms with Crippen LogP contribution in [-0.4, -0.2) is 39.5 Å². The Hall–Kier alpha value is -1.83. The van der Waals surface area contributed by atoms with Crippen LogP contribution in [0.4, 0.5) is 15.8 Å². The molecule has 20 heavy (non-hydrogen) atoms. The number of methoxy groups -OCH3 is 1. The van der Waals surface area contributed by atoms with Gasteiger partial charge in [0.25, 0.3) is 0 Å². The molecule has 1 unspecified atom stereocenters. The third kappa shape index (κ3) is 3.19. The van der Waals surface area contributed by atoms with Crippen LogP contribution < -0.4 is 15.4 Å². The van der Waals surface area contributed by atoms with Crippen molar-refractivity contribution in [2.24, 2.45) is 0 Å². The number of fused-ring (bicyclic) bond motifs is 1. The van der Waals surface area contributed by atoms with Crippen LogP contribution in [0.3, 0.4) is 0 Å². The standard InChI is InChI=1S/C12H15FN2O4S/c1-19-11-6-10-9(5-7(11)13)15-12(16)8(14-10)3-4-20(2,17)18/h5-6,8,14H,3-4H2,1-2H3,(H,15,16). The molecule has 2 N–H and O–H groups in total. The Morgan fingerprint density at radius 2 is 2.05 bits per heavy atom. The number of hydrogen-bond donors (Lipinski definition) is 2. The molecule has 1 amide bonds. The fourth-order valence-electron chi connectivity index (χ4n) is 1.94. The van der Waals surface area contributed by atoms with Crippen LogP contribution in [0, 0.1) is 5.82 Å². The molecule has 6 nitrogen and oxygen atoms in total. The first-order valence-corrected chi connectivity index (χ1v) is 7.99. The van der Waals surface area contributed by atoms with E-state index in [0.29, 0.717) is 11.4 Å². The van der Waals surface area contributed by atoms with Crippen molar-refractivity contribution in [2.45, 2.75) is 12.5 Å². The Balaban J connectivity index is 2.21. The van der Waals surface area contributed by atoms with Crippen LogP contribution in [0.25, 0.3) is 0 Å². The molecule has 0 saturated carbocycles. The van der Waals surface area contributed by atoms with E-state index >= 15 is 0 Å². The third-order valence-corrected chi connectivity index (χ3v) is 3.95. The minimum Gasteiger partial charge on any atom is -0.494 e. The lowest BCUT2D eigenvalue weighted by Gasteiger charge is -2.27. The molecule has 1 aromatic rings. The number of nitrogens with one attached hydrogen (secondary N) is 2. The predicted octanol–water partition coefficient (Wildman–Crippen LogP) is 1.00.